The van der Waals surface area contributed by atoms with Crippen molar-refractivity contribution >= 4 is 15.9 Å². The lowest BCUT2D eigenvalue weighted by Crippen LogP contribution is -2.32. The number of benzene rings is 1. The van der Waals surface area contributed by atoms with Gasteiger partial charge in [0.1, 0.15) is 0 Å². The van der Waals surface area contributed by atoms with Crippen molar-refractivity contribution in [2.24, 2.45) is 0 Å². The van der Waals surface area contributed by atoms with Crippen LogP contribution in [0, 0.1) is 0 Å². The van der Waals surface area contributed by atoms with E-state index in [1.165, 1.54) is 29.5 Å². The van der Waals surface area contributed by atoms with Crippen LogP contribution in [0.5, 0.6) is 0 Å². The second-order valence-corrected chi connectivity index (χ2v) is 5.22. The Balaban J connectivity index is 1.90. The highest BCUT2D eigenvalue weighted by atomic mass is 79.9. The van der Waals surface area contributed by atoms with E-state index in [2.05, 4.69) is 57.3 Å². The Morgan fingerprint density at radius 3 is 3.00 bits per heavy atom. The van der Waals surface area contributed by atoms with E-state index in [-0.39, 0.29) is 0 Å². The van der Waals surface area contributed by atoms with Crippen molar-refractivity contribution in [2.75, 3.05) is 19.6 Å². The molecule has 0 aromatic heterocycles. The van der Waals surface area contributed by atoms with Gasteiger partial charge >= 0.3 is 0 Å². The largest absolute Gasteiger partial charge is 0.313 e. The summed E-state index contributed by atoms with van der Waals surface area (Å²) >= 11 is 3.61. The number of halogens is 1. The number of rotatable bonds is 4. The smallest absolute Gasteiger partial charge is 0.0245 e. The van der Waals surface area contributed by atoms with Gasteiger partial charge in [0.05, 0.1) is 0 Å². The Labute approximate surface area is 106 Å². The molecule has 1 unspecified atom stereocenters. The molecule has 16 heavy (non-hydrogen) atoms. The first-order valence-corrected chi connectivity index (χ1v) is 6.78. The second kappa shape index (κ2) is 5.80. The van der Waals surface area contributed by atoms with E-state index in [1.54, 1.807) is 0 Å². The lowest BCUT2D eigenvalue weighted by Gasteiger charge is -2.17. The van der Waals surface area contributed by atoms with Crippen LogP contribution in [0.3, 0.4) is 0 Å². The Hall–Kier alpha value is -0.380. The fourth-order valence-electron chi connectivity index (χ4n) is 2.30. The Kier molecular flexibility index (Phi) is 4.38. The summed E-state index contributed by atoms with van der Waals surface area (Å²) in [4.78, 5) is 2.52. The summed E-state index contributed by atoms with van der Waals surface area (Å²) in [5.41, 5.74) is 1.39. The molecule has 1 N–H and O–H groups in total. The minimum absolute atomic E-state index is 0.687. The van der Waals surface area contributed by atoms with Gasteiger partial charge < -0.3 is 5.32 Å². The van der Waals surface area contributed by atoms with Crippen LogP contribution in [-0.4, -0.2) is 30.6 Å². The van der Waals surface area contributed by atoms with E-state index < -0.39 is 0 Å². The molecule has 0 saturated carbocycles. The number of hydrogen-bond acceptors (Lipinski definition) is 2. The minimum Gasteiger partial charge on any atom is -0.313 e. The maximum Gasteiger partial charge on any atom is 0.0245 e. The van der Waals surface area contributed by atoms with Gasteiger partial charge in [0.2, 0.25) is 0 Å². The molecule has 88 valence electrons. The molecule has 0 aliphatic carbocycles. The number of likely N-dealkylation sites (N-methyl/N-ethyl adjacent to an activating group) is 1. The van der Waals surface area contributed by atoms with Crippen LogP contribution in [0.15, 0.2) is 28.7 Å². The zero-order valence-corrected chi connectivity index (χ0v) is 11.3. The zero-order valence-electron chi connectivity index (χ0n) is 9.75. The Morgan fingerprint density at radius 2 is 2.25 bits per heavy atom. The molecule has 1 aromatic carbocycles. The van der Waals surface area contributed by atoms with Crippen LogP contribution in [0.4, 0.5) is 0 Å². The van der Waals surface area contributed by atoms with Crippen molar-refractivity contribution in [1.29, 1.82) is 0 Å². The van der Waals surface area contributed by atoms with Crippen molar-refractivity contribution in [3.8, 4) is 0 Å². The predicted octanol–water partition coefficient (Wildman–Crippen LogP) is 2.63. The topological polar surface area (TPSA) is 15.3 Å². The molecule has 1 atom stereocenters. The monoisotopic (exact) mass is 282 g/mol. The van der Waals surface area contributed by atoms with E-state index in [1.807, 2.05) is 0 Å². The lowest BCUT2D eigenvalue weighted by atomic mass is 10.2. The number of hydrogen-bond donors (Lipinski definition) is 1. The van der Waals surface area contributed by atoms with E-state index >= 15 is 0 Å². The number of likely N-dealkylation sites (tertiary alicyclic amines) is 1. The van der Waals surface area contributed by atoms with Crippen molar-refractivity contribution < 1.29 is 0 Å². The number of nitrogens with one attached hydrogen (secondary N) is 1. The van der Waals surface area contributed by atoms with Crippen molar-refractivity contribution in [3.63, 3.8) is 0 Å². The van der Waals surface area contributed by atoms with E-state index in [9.17, 15) is 0 Å². The summed E-state index contributed by atoms with van der Waals surface area (Å²) in [5.74, 6) is 0. The first kappa shape index (κ1) is 12.1. The van der Waals surface area contributed by atoms with Crippen molar-refractivity contribution in [2.45, 2.75) is 25.9 Å². The zero-order chi connectivity index (χ0) is 11.4. The molecule has 1 saturated heterocycles. The quantitative estimate of drug-likeness (QED) is 0.914. The molecular weight excluding hydrogens is 264 g/mol. The molecule has 0 radical (unpaired) electrons. The highest BCUT2D eigenvalue weighted by Gasteiger charge is 2.21. The van der Waals surface area contributed by atoms with Crippen molar-refractivity contribution in [3.05, 3.63) is 34.3 Å². The molecule has 1 heterocycles. The van der Waals surface area contributed by atoms with Gasteiger partial charge in [-0.25, -0.2) is 0 Å². The van der Waals surface area contributed by atoms with Gasteiger partial charge in [0.15, 0.2) is 0 Å². The maximum absolute atomic E-state index is 3.61. The van der Waals surface area contributed by atoms with Crippen LogP contribution >= 0.6 is 15.9 Å². The summed E-state index contributed by atoms with van der Waals surface area (Å²) in [6.45, 7) is 6.70. The molecular formula is C13H19BrN2. The lowest BCUT2D eigenvalue weighted by molar-refractivity contribution is 0.320. The van der Waals surface area contributed by atoms with Crippen LogP contribution in [0.2, 0.25) is 0 Å². The predicted molar refractivity (Wildman–Crippen MR) is 71.5 cm³/mol. The molecule has 1 aromatic rings. The molecule has 2 rings (SSSR count). The SMILES string of the molecule is CCNC1CCN(Cc2ccccc2Br)C1. The summed E-state index contributed by atoms with van der Waals surface area (Å²) in [6.07, 6.45) is 1.28. The van der Waals surface area contributed by atoms with Crippen LogP contribution < -0.4 is 5.32 Å². The fraction of sp³-hybridized carbons (Fsp3) is 0.538. The molecule has 1 aliphatic rings. The highest BCUT2D eigenvalue weighted by Crippen LogP contribution is 2.20. The first-order chi connectivity index (χ1) is 7.79. The standard InChI is InChI=1S/C13H19BrN2/c1-2-15-12-7-8-16(10-12)9-11-5-3-4-6-13(11)14/h3-6,12,15H,2,7-10H2,1H3. The average molecular weight is 283 g/mol. The Bertz CT molecular complexity index is 340. The molecule has 2 nitrogen and oxygen atoms in total. The third-order valence-electron chi connectivity index (χ3n) is 3.12. The Morgan fingerprint density at radius 1 is 1.44 bits per heavy atom. The summed E-state index contributed by atoms with van der Waals surface area (Å²) in [5, 5.41) is 3.52. The van der Waals surface area contributed by atoms with Gasteiger partial charge in [-0.2, -0.15) is 0 Å². The average Bonchev–Trinajstić information content (AvgIpc) is 2.70. The molecule has 0 amide bonds. The van der Waals surface area contributed by atoms with Gasteiger partial charge in [0.25, 0.3) is 0 Å². The van der Waals surface area contributed by atoms with E-state index in [0.717, 1.165) is 13.1 Å². The van der Waals surface area contributed by atoms with Crippen LogP contribution in [-0.2, 0) is 6.54 Å². The summed E-state index contributed by atoms with van der Waals surface area (Å²) in [7, 11) is 0. The molecule has 0 spiro atoms. The summed E-state index contributed by atoms with van der Waals surface area (Å²) in [6, 6.07) is 9.18. The minimum atomic E-state index is 0.687. The molecule has 3 heteroatoms. The number of nitrogens with zero attached hydrogens (tertiary/aromatic N) is 1. The molecule has 1 fully saturated rings. The second-order valence-electron chi connectivity index (χ2n) is 4.37. The van der Waals surface area contributed by atoms with Gasteiger partial charge in [-0.1, -0.05) is 41.1 Å². The van der Waals surface area contributed by atoms with Gasteiger partial charge in [-0.3, -0.25) is 4.90 Å². The normalized spacial score (nSPS) is 21.5. The van der Waals surface area contributed by atoms with Gasteiger partial charge in [0, 0.05) is 30.1 Å². The third-order valence-corrected chi connectivity index (χ3v) is 3.89. The molecule has 0 bridgehead atoms. The van der Waals surface area contributed by atoms with Crippen molar-refractivity contribution in [1.82, 2.24) is 10.2 Å². The van der Waals surface area contributed by atoms with E-state index in [4.69, 9.17) is 0 Å². The highest BCUT2D eigenvalue weighted by molar-refractivity contribution is 9.10. The van der Waals surface area contributed by atoms with Gasteiger partial charge in [-0.05, 0) is 24.6 Å². The fourth-order valence-corrected chi connectivity index (χ4v) is 2.71. The molecule has 1 aliphatic heterocycles. The summed E-state index contributed by atoms with van der Waals surface area (Å²) < 4.78 is 1.22. The van der Waals surface area contributed by atoms with Crippen LogP contribution in [0.25, 0.3) is 0 Å². The van der Waals surface area contributed by atoms with E-state index in [0.29, 0.717) is 6.04 Å². The van der Waals surface area contributed by atoms with Crippen LogP contribution in [0.1, 0.15) is 18.9 Å². The third kappa shape index (κ3) is 3.06. The maximum atomic E-state index is 3.61. The first-order valence-electron chi connectivity index (χ1n) is 5.98. The van der Waals surface area contributed by atoms with Gasteiger partial charge in [-0.15, -0.1) is 0 Å².